The number of nitrogens with zero attached hydrogens (tertiary/aromatic N) is 5. The van der Waals surface area contributed by atoms with Gasteiger partial charge in [-0.15, -0.1) is 10.2 Å². The third-order valence-corrected chi connectivity index (χ3v) is 4.51. The summed E-state index contributed by atoms with van der Waals surface area (Å²) in [4.78, 5) is 16.9. The van der Waals surface area contributed by atoms with Gasteiger partial charge in [-0.1, -0.05) is 12.1 Å². The Morgan fingerprint density at radius 2 is 2.17 bits per heavy atom. The van der Waals surface area contributed by atoms with E-state index in [0.29, 0.717) is 13.1 Å². The van der Waals surface area contributed by atoms with Gasteiger partial charge < -0.3 is 14.2 Å². The van der Waals surface area contributed by atoms with E-state index in [9.17, 15) is 4.79 Å². The maximum atomic E-state index is 13.0. The zero-order valence-electron chi connectivity index (χ0n) is 14.3. The molecule has 1 aromatic heterocycles. The largest absolute Gasteiger partial charge is 0.495 e. The average Bonchev–Trinajstić information content (AvgIpc) is 3.00. The normalized spacial score (nSPS) is 18.2. The van der Waals surface area contributed by atoms with Crippen molar-refractivity contribution in [3.8, 4) is 5.75 Å². The second-order valence-corrected chi connectivity index (χ2v) is 6.09. The topological polar surface area (TPSA) is 63.5 Å². The van der Waals surface area contributed by atoms with Gasteiger partial charge in [0.1, 0.15) is 17.9 Å². The predicted molar refractivity (Wildman–Crippen MR) is 90.8 cm³/mol. The van der Waals surface area contributed by atoms with Crippen LogP contribution >= 0.6 is 0 Å². The molecule has 2 aromatic rings. The molecule has 1 amide bonds. The maximum Gasteiger partial charge on any atom is 0.244 e. The summed E-state index contributed by atoms with van der Waals surface area (Å²) >= 11 is 0. The van der Waals surface area contributed by atoms with Gasteiger partial charge in [0.25, 0.3) is 0 Å². The van der Waals surface area contributed by atoms with Crippen molar-refractivity contribution in [2.45, 2.75) is 25.4 Å². The molecule has 1 aliphatic heterocycles. The fourth-order valence-corrected chi connectivity index (χ4v) is 3.14. The number of para-hydroxylation sites is 2. The second kappa shape index (κ2) is 7.00. The van der Waals surface area contributed by atoms with Crippen LogP contribution in [0.3, 0.4) is 0 Å². The summed E-state index contributed by atoms with van der Waals surface area (Å²) < 4.78 is 7.29. The smallest absolute Gasteiger partial charge is 0.244 e. The van der Waals surface area contributed by atoms with Crippen molar-refractivity contribution < 1.29 is 9.53 Å². The molecule has 1 unspecified atom stereocenters. The lowest BCUT2D eigenvalue weighted by atomic mass is 10.0. The molecule has 3 rings (SSSR count). The quantitative estimate of drug-likeness (QED) is 0.831. The van der Waals surface area contributed by atoms with Crippen LogP contribution in [0.4, 0.5) is 5.69 Å². The summed E-state index contributed by atoms with van der Waals surface area (Å²) in [5.74, 6) is 1.68. The molecule has 1 atom stereocenters. The summed E-state index contributed by atoms with van der Waals surface area (Å²) in [5, 5.41) is 8.01. The number of rotatable bonds is 5. The van der Waals surface area contributed by atoms with Crippen LogP contribution in [0.5, 0.6) is 5.75 Å². The molecule has 1 fully saturated rings. The van der Waals surface area contributed by atoms with Crippen molar-refractivity contribution in [3.63, 3.8) is 0 Å². The van der Waals surface area contributed by atoms with E-state index >= 15 is 0 Å². The van der Waals surface area contributed by atoms with Gasteiger partial charge in [-0.3, -0.25) is 9.69 Å². The van der Waals surface area contributed by atoms with E-state index in [1.54, 1.807) is 13.4 Å². The number of ether oxygens (including phenoxy) is 1. The molecule has 0 N–H and O–H groups in total. The first kappa shape index (κ1) is 16.4. The highest BCUT2D eigenvalue weighted by molar-refractivity contribution is 5.99. The number of methoxy groups -OCH3 is 1. The molecular weight excluding hydrogens is 306 g/mol. The number of aryl methyl sites for hydroxylation is 1. The first-order chi connectivity index (χ1) is 11.6. The van der Waals surface area contributed by atoms with Gasteiger partial charge in [0.05, 0.1) is 25.4 Å². The van der Waals surface area contributed by atoms with E-state index in [2.05, 4.69) is 10.2 Å². The molecule has 7 nitrogen and oxygen atoms in total. The highest BCUT2D eigenvalue weighted by atomic mass is 16.5. The zero-order chi connectivity index (χ0) is 17.1. The van der Waals surface area contributed by atoms with E-state index in [0.717, 1.165) is 30.1 Å². The van der Waals surface area contributed by atoms with Crippen LogP contribution in [-0.2, 0) is 18.4 Å². The number of carbonyl (C=O) groups is 1. The van der Waals surface area contributed by atoms with Crippen LogP contribution in [-0.4, -0.2) is 52.3 Å². The second-order valence-electron chi connectivity index (χ2n) is 6.09. The lowest BCUT2D eigenvalue weighted by Gasteiger charge is -2.37. The lowest BCUT2D eigenvalue weighted by Crippen LogP contribution is -2.51. The van der Waals surface area contributed by atoms with E-state index < -0.39 is 0 Å². The van der Waals surface area contributed by atoms with Crippen LogP contribution < -0.4 is 9.64 Å². The molecule has 128 valence electrons. The molecule has 0 bridgehead atoms. The number of piperidine rings is 1. The zero-order valence-corrected chi connectivity index (χ0v) is 14.3. The van der Waals surface area contributed by atoms with Crippen LogP contribution in [0.25, 0.3) is 0 Å². The third kappa shape index (κ3) is 3.12. The number of benzene rings is 1. The molecule has 0 radical (unpaired) electrons. The summed E-state index contributed by atoms with van der Waals surface area (Å²) in [5.41, 5.74) is 0.835. The first-order valence-corrected chi connectivity index (χ1v) is 8.09. The van der Waals surface area contributed by atoms with Gasteiger partial charge >= 0.3 is 0 Å². The standard InChI is InChI=1S/C17H23N5O2/c1-20(11-16-19-18-12-21(16)2)14-8-6-10-22(17(14)23)13-7-4-5-9-15(13)24-3/h4-5,7,9,12,14H,6,8,10-11H2,1-3H3. The summed E-state index contributed by atoms with van der Waals surface area (Å²) in [7, 11) is 5.50. The monoisotopic (exact) mass is 329 g/mol. The minimum absolute atomic E-state index is 0.107. The van der Waals surface area contributed by atoms with Crippen LogP contribution in [0.1, 0.15) is 18.7 Å². The van der Waals surface area contributed by atoms with E-state index in [4.69, 9.17) is 4.74 Å². The van der Waals surface area contributed by atoms with Crippen molar-refractivity contribution in [2.75, 3.05) is 25.6 Å². The number of hydrogen-bond acceptors (Lipinski definition) is 5. The molecule has 1 saturated heterocycles. The Morgan fingerprint density at radius 1 is 1.38 bits per heavy atom. The minimum atomic E-state index is -0.166. The third-order valence-electron chi connectivity index (χ3n) is 4.51. The number of amides is 1. The van der Waals surface area contributed by atoms with Crippen LogP contribution in [0.2, 0.25) is 0 Å². The molecule has 0 spiro atoms. The van der Waals surface area contributed by atoms with Gasteiger partial charge in [-0.05, 0) is 32.0 Å². The van der Waals surface area contributed by atoms with E-state index in [1.807, 2.05) is 52.7 Å². The molecule has 0 aliphatic carbocycles. The van der Waals surface area contributed by atoms with Crippen LogP contribution in [0, 0.1) is 0 Å². The van der Waals surface area contributed by atoms with Gasteiger partial charge in [-0.25, -0.2) is 0 Å². The Kier molecular flexibility index (Phi) is 4.80. The Morgan fingerprint density at radius 3 is 2.88 bits per heavy atom. The maximum absolute atomic E-state index is 13.0. The average molecular weight is 329 g/mol. The molecular formula is C17H23N5O2. The van der Waals surface area contributed by atoms with Crippen molar-refractivity contribution in [3.05, 3.63) is 36.4 Å². The van der Waals surface area contributed by atoms with Gasteiger partial charge in [0, 0.05) is 13.6 Å². The van der Waals surface area contributed by atoms with Crippen LogP contribution in [0.15, 0.2) is 30.6 Å². The van der Waals surface area contributed by atoms with Gasteiger partial charge in [-0.2, -0.15) is 0 Å². The predicted octanol–water partition coefficient (Wildman–Crippen LogP) is 1.45. The Balaban J connectivity index is 1.78. The fourth-order valence-electron chi connectivity index (χ4n) is 3.14. The number of likely N-dealkylation sites (N-methyl/N-ethyl adjacent to an activating group) is 1. The highest BCUT2D eigenvalue weighted by Gasteiger charge is 2.33. The molecule has 24 heavy (non-hydrogen) atoms. The van der Waals surface area contributed by atoms with Crippen molar-refractivity contribution in [1.82, 2.24) is 19.7 Å². The SMILES string of the molecule is COc1ccccc1N1CCCC(N(C)Cc2nncn2C)C1=O. The Labute approximate surface area is 141 Å². The summed E-state index contributed by atoms with van der Waals surface area (Å²) in [6.07, 6.45) is 3.48. The minimum Gasteiger partial charge on any atom is -0.495 e. The number of anilines is 1. The van der Waals surface area contributed by atoms with Gasteiger partial charge in [0.15, 0.2) is 0 Å². The Hall–Kier alpha value is -2.41. The number of carbonyl (C=O) groups excluding carboxylic acids is 1. The summed E-state index contributed by atoms with van der Waals surface area (Å²) in [6.45, 7) is 1.31. The van der Waals surface area contributed by atoms with Crippen molar-refractivity contribution in [2.24, 2.45) is 7.05 Å². The fraction of sp³-hybridized carbons (Fsp3) is 0.471. The van der Waals surface area contributed by atoms with E-state index in [1.165, 1.54) is 0 Å². The first-order valence-electron chi connectivity index (χ1n) is 8.09. The summed E-state index contributed by atoms with van der Waals surface area (Å²) in [6, 6.07) is 7.49. The van der Waals surface area contributed by atoms with Crippen molar-refractivity contribution in [1.29, 1.82) is 0 Å². The van der Waals surface area contributed by atoms with E-state index in [-0.39, 0.29) is 11.9 Å². The van der Waals surface area contributed by atoms with Crippen molar-refractivity contribution >= 4 is 11.6 Å². The highest BCUT2D eigenvalue weighted by Crippen LogP contribution is 2.31. The molecule has 1 aromatic carbocycles. The number of aromatic nitrogens is 3. The van der Waals surface area contributed by atoms with Gasteiger partial charge in [0.2, 0.25) is 5.91 Å². The molecule has 2 heterocycles. The molecule has 7 heteroatoms. The number of hydrogen-bond donors (Lipinski definition) is 0. The molecule has 1 aliphatic rings. The Bertz CT molecular complexity index is 715. The lowest BCUT2D eigenvalue weighted by molar-refractivity contribution is -0.125. The molecule has 0 saturated carbocycles.